The van der Waals surface area contributed by atoms with E-state index in [1.54, 1.807) is 4.57 Å². The summed E-state index contributed by atoms with van der Waals surface area (Å²) in [5.74, 6) is 0.655. The van der Waals surface area contributed by atoms with Crippen LogP contribution in [0.5, 0.6) is 0 Å². The lowest BCUT2D eigenvalue weighted by atomic mass is 9.97. The van der Waals surface area contributed by atoms with Crippen LogP contribution in [-0.2, 0) is 6.54 Å². The van der Waals surface area contributed by atoms with Gasteiger partial charge < -0.3 is 10.2 Å². The summed E-state index contributed by atoms with van der Waals surface area (Å²) in [7, 11) is 0. The van der Waals surface area contributed by atoms with E-state index in [1.807, 2.05) is 59.2 Å². The second kappa shape index (κ2) is 10.8. The van der Waals surface area contributed by atoms with Gasteiger partial charge in [-0.25, -0.2) is 4.79 Å². The molecule has 0 amide bonds. The zero-order chi connectivity index (χ0) is 25.8. The Morgan fingerprint density at radius 3 is 2.62 bits per heavy atom. The zero-order valence-corrected chi connectivity index (χ0v) is 21.0. The number of aromatic amines is 1. The van der Waals surface area contributed by atoms with Gasteiger partial charge in [-0.2, -0.15) is 10.2 Å². The van der Waals surface area contributed by atoms with Crippen LogP contribution in [-0.4, -0.2) is 45.3 Å². The Morgan fingerprint density at radius 2 is 1.84 bits per heavy atom. The van der Waals surface area contributed by atoms with Gasteiger partial charge in [-0.3, -0.25) is 18.9 Å². The van der Waals surface area contributed by atoms with Gasteiger partial charge in [0, 0.05) is 19.6 Å². The molecule has 2 N–H and O–H groups in total. The average Bonchev–Trinajstić information content (AvgIpc) is 3.11. The van der Waals surface area contributed by atoms with Crippen molar-refractivity contribution in [3.05, 3.63) is 92.1 Å². The lowest BCUT2D eigenvalue weighted by Crippen LogP contribution is -2.33. The van der Waals surface area contributed by atoms with Crippen molar-refractivity contribution in [1.29, 1.82) is 5.26 Å². The first-order chi connectivity index (χ1) is 18.1. The Bertz CT molecular complexity index is 1540. The number of hydrogen-bond acceptors (Lipinski definition) is 6. The SMILES string of the molecule is CCCC(c1ccccc1C#N)n1c(N2CCCNCC2)nc2c1c(=O)[nH]c(=O)n2Cc1ccccc1. The second-order valence-corrected chi connectivity index (χ2v) is 9.38. The van der Waals surface area contributed by atoms with Crippen LogP contribution in [0.2, 0.25) is 0 Å². The normalized spacial score (nSPS) is 14.9. The molecule has 0 aliphatic carbocycles. The van der Waals surface area contributed by atoms with Crippen molar-refractivity contribution in [3.8, 4) is 6.07 Å². The Labute approximate surface area is 215 Å². The van der Waals surface area contributed by atoms with E-state index in [0.29, 0.717) is 29.1 Å². The first-order valence-corrected chi connectivity index (χ1v) is 12.9. The van der Waals surface area contributed by atoms with Gasteiger partial charge in [-0.15, -0.1) is 0 Å². The molecule has 190 valence electrons. The lowest BCUT2D eigenvalue weighted by molar-refractivity contribution is 0.536. The van der Waals surface area contributed by atoms with Crippen molar-refractivity contribution >= 4 is 17.1 Å². The molecule has 9 nitrogen and oxygen atoms in total. The van der Waals surface area contributed by atoms with Gasteiger partial charge in [0.25, 0.3) is 5.56 Å². The maximum atomic E-state index is 13.5. The number of anilines is 1. The summed E-state index contributed by atoms with van der Waals surface area (Å²) in [6.45, 7) is 5.58. The summed E-state index contributed by atoms with van der Waals surface area (Å²) in [5, 5.41) is 13.3. The molecule has 1 unspecified atom stereocenters. The van der Waals surface area contributed by atoms with E-state index in [9.17, 15) is 14.9 Å². The summed E-state index contributed by atoms with van der Waals surface area (Å²) in [6.07, 6.45) is 2.48. The van der Waals surface area contributed by atoms with Gasteiger partial charge in [0.05, 0.1) is 24.2 Å². The van der Waals surface area contributed by atoms with Crippen molar-refractivity contribution in [1.82, 2.24) is 24.4 Å². The van der Waals surface area contributed by atoms with Crippen LogP contribution in [0.4, 0.5) is 5.95 Å². The Kier molecular flexibility index (Phi) is 7.19. The number of benzene rings is 2. The molecule has 1 aliphatic rings. The number of nitrogens with zero attached hydrogens (tertiary/aromatic N) is 5. The summed E-state index contributed by atoms with van der Waals surface area (Å²) in [6, 6.07) is 19.2. The van der Waals surface area contributed by atoms with Gasteiger partial charge in [0.15, 0.2) is 11.2 Å². The lowest BCUT2D eigenvalue weighted by Gasteiger charge is -2.27. The second-order valence-electron chi connectivity index (χ2n) is 9.38. The van der Waals surface area contributed by atoms with Crippen molar-refractivity contribution in [2.24, 2.45) is 0 Å². The summed E-state index contributed by atoms with van der Waals surface area (Å²) < 4.78 is 3.52. The smallest absolute Gasteiger partial charge is 0.330 e. The number of nitrogens with one attached hydrogen (secondary N) is 2. The molecular formula is C28H31N7O2. The van der Waals surface area contributed by atoms with E-state index in [0.717, 1.165) is 50.1 Å². The number of H-pyrrole nitrogens is 1. The van der Waals surface area contributed by atoms with Crippen molar-refractivity contribution in [2.75, 3.05) is 31.1 Å². The van der Waals surface area contributed by atoms with Crippen LogP contribution >= 0.6 is 0 Å². The van der Waals surface area contributed by atoms with Crippen LogP contribution in [0.1, 0.15) is 48.9 Å². The molecule has 4 aromatic rings. The third-order valence-electron chi connectivity index (χ3n) is 6.93. The first-order valence-electron chi connectivity index (χ1n) is 12.9. The maximum absolute atomic E-state index is 13.5. The fraction of sp³-hybridized carbons (Fsp3) is 0.357. The minimum atomic E-state index is -0.487. The van der Waals surface area contributed by atoms with Crippen molar-refractivity contribution in [3.63, 3.8) is 0 Å². The highest BCUT2D eigenvalue weighted by Gasteiger charge is 2.29. The number of imidazole rings is 1. The molecular weight excluding hydrogens is 466 g/mol. The van der Waals surface area contributed by atoms with E-state index in [2.05, 4.69) is 28.2 Å². The minimum absolute atomic E-state index is 0.290. The fourth-order valence-electron chi connectivity index (χ4n) is 5.19. The summed E-state index contributed by atoms with van der Waals surface area (Å²) in [5.41, 5.74) is 2.12. The molecule has 1 saturated heterocycles. The highest BCUT2D eigenvalue weighted by atomic mass is 16.2. The predicted molar refractivity (Wildman–Crippen MR) is 144 cm³/mol. The Hall–Kier alpha value is -4.16. The van der Waals surface area contributed by atoms with Gasteiger partial charge >= 0.3 is 5.69 Å². The zero-order valence-electron chi connectivity index (χ0n) is 21.0. The minimum Gasteiger partial charge on any atom is -0.341 e. The molecule has 0 radical (unpaired) electrons. The van der Waals surface area contributed by atoms with Crippen LogP contribution < -0.4 is 21.5 Å². The summed E-state index contributed by atoms with van der Waals surface area (Å²) in [4.78, 5) is 36.3. The highest BCUT2D eigenvalue weighted by Crippen LogP contribution is 2.34. The number of rotatable bonds is 7. The molecule has 2 aromatic carbocycles. The molecule has 0 bridgehead atoms. The number of nitriles is 1. The van der Waals surface area contributed by atoms with E-state index >= 15 is 0 Å². The van der Waals surface area contributed by atoms with E-state index in [-0.39, 0.29) is 12.6 Å². The van der Waals surface area contributed by atoms with E-state index in [1.165, 1.54) is 0 Å². The molecule has 1 fully saturated rings. The molecule has 0 spiro atoms. The fourth-order valence-corrected chi connectivity index (χ4v) is 5.19. The molecule has 0 saturated carbocycles. The van der Waals surface area contributed by atoms with Crippen LogP contribution in [0.3, 0.4) is 0 Å². The number of fused-ring (bicyclic) bond motifs is 1. The highest BCUT2D eigenvalue weighted by molar-refractivity contribution is 5.75. The monoisotopic (exact) mass is 497 g/mol. The topological polar surface area (TPSA) is 112 Å². The molecule has 37 heavy (non-hydrogen) atoms. The summed E-state index contributed by atoms with van der Waals surface area (Å²) >= 11 is 0. The van der Waals surface area contributed by atoms with Gasteiger partial charge in [0.1, 0.15) is 0 Å². The van der Waals surface area contributed by atoms with Crippen LogP contribution in [0, 0.1) is 11.3 Å². The number of aromatic nitrogens is 4. The van der Waals surface area contributed by atoms with Gasteiger partial charge in [-0.1, -0.05) is 61.9 Å². The Morgan fingerprint density at radius 1 is 1.05 bits per heavy atom. The molecule has 5 rings (SSSR count). The maximum Gasteiger partial charge on any atom is 0.330 e. The van der Waals surface area contributed by atoms with Gasteiger partial charge in [0.2, 0.25) is 5.95 Å². The van der Waals surface area contributed by atoms with Gasteiger partial charge in [-0.05, 0) is 36.6 Å². The molecule has 1 atom stereocenters. The Balaban J connectivity index is 1.81. The van der Waals surface area contributed by atoms with E-state index in [4.69, 9.17) is 4.98 Å². The van der Waals surface area contributed by atoms with Crippen LogP contribution in [0.25, 0.3) is 11.2 Å². The van der Waals surface area contributed by atoms with Crippen LogP contribution in [0.15, 0.2) is 64.2 Å². The third-order valence-corrected chi connectivity index (χ3v) is 6.93. The van der Waals surface area contributed by atoms with E-state index < -0.39 is 11.2 Å². The molecule has 9 heteroatoms. The predicted octanol–water partition coefficient (Wildman–Crippen LogP) is 3.00. The first kappa shape index (κ1) is 24.5. The third kappa shape index (κ3) is 4.80. The number of hydrogen-bond donors (Lipinski definition) is 2. The molecule has 3 heterocycles. The quantitative estimate of drug-likeness (QED) is 0.406. The standard InChI is InChI=1S/C28H31N7O2/c1-2-9-23(22-13-7-6-12-21(22)18-29)35-24-25(31-27(35)33-16-8-14-30-15-17-33)34(28(37)32-26(24)36)19-20-10-4-3-5-11-20/h3-7,10-13,23,30H,2,8-9,14-17,19H2,1H3,(H,32,36,37). The van der Waals surface area contributed by atoms with Crippen molar-refractivity contribution in [2.45, 2.75) is 38.8 Å². The largest absolute Gasteiger partial charge is 0.341 e. The molecule has 1 aliphatic heterocycles. The average molecular weight is 498 g/mol. The van der Waals surface area contributed by atoms with Crippen molar-refractivity contribution < 1.29 is 0 Å². The molecule has 2 aromatic heterocycles.